The van der Waals surface area contributed by atoms with Gasteiger partial charge in [0.05, 0.1) is 18.4 Å². The Bertz CT molecular complexity index is 842. The average Bonchev–Trinajstić information content (AvgIpc) is 3.25. The van der Waals surface area contributed by atoms with Crippen LogP contribution in [0.5, 0.6) is 0 Å². The standard InChI is InChI=1S/C22H32N6O3/c1-14-4-2-5-15(10-14)11-27-22(31)18-6-3-9-28(18)19(29)13-26-17-12-25-8-7-16(17)20(23)21(24)30/h7-8,12,14-15,18,23,26H,2-6,9-11,13H2,1H3,(H2,24,30)(H,27,31)/t14?,15?,18-/m0/s1. The summed E-state index contributed by atoms with van der Waals surface area (Å²) in [7, 11) is 0. The molecule has 2 aliphatic rings. The molecule has 3 amide bonds. The summed E-state index contributed by atoms with van der Waals surface area (Å²) in [4.78, 5) is 42.5. The number of nitrogens with one attached hydrogen (secondary N) is 3. The maximum Gasteiger partial charge on any atom is 0.267 e. The Hall–Kier alpha value is -2.97. The predicted molar refractivity (Wildman–Crippen MR) is 118 cm³/mol. The lowest BCUT2D eigenvalue weighted by Crippen LogP contribution is -2.48. The van der Waals surface area contributed by atoms with Gasteiger partial charge in [0.2, 0.25) is 11.8 Å². The quantitative estimate of drug-likeness (QED) is 0.462. The number of carbonyl (C=O) groups is 3. The summed E-state index contributed by atoms with van der Waals surface area (Å²) in [5.74, 6) is 0.0828. The number of anilines is 1. The van der Waals surface area contributed by atoms with Gasteiger partial charge < -0.3 is 21.3 Å². The molecule has 1 saturated carbocycles. The van der Waals surface area contributed by atoms with Crippen LogP contribution in [0.3, 0.4) is 0 Å². The highest BCUT2D eigenvalue weighted by molar-refractivity contribution is 6.44. The van der Waals surface area contributed by atoms with Gasteiger partial charge in [-0.2, -0.15) is 0 Å². The van der Waals surface area contributed by atoms with Crippen molar-refractivity contribution in [1.82, 2.24) is 15.2 Å². The number of hydrogen-bond acceptors (Lipinski definition) is 6. The molecule has 1 aliphatic heterocycles. The van der Waals surface area contributed by atoms with Crippen LogP contribution < -0.4 is 16.4 Å². The Balaban J connectivity index is 1.55. The number of nitrogens with two attached hydrogens (primary N) is 1. The van der Waals surface area contributed by atoms with Crippen molar-refractivity contribution in [2.24, 2.45) is 17.6 Å². The van der Waals surface area contributed by atoms with Crippen LogP contribution in [0.4, 0.5) is 5.69 Å². The fourth-order valence-electron chi connectivity index (χ4n) is 4.60. The molecular weight excluding hydrogens is 396 g/mol. The molecule has 3 atom stereocenters. The number of hydrogen-bond donors (Lipinski definition) is 4. The van der Waals surface area contributed by atoms with Crippen LogP contribution in [0.15, 0.2) is 18.5 Å². The first kappa shape index (κ1) is 22.7. The lowest BCUT2D eigenvalue weighted by atomic mass is 9.82. The summed E-state index contributed by atoms with van der Waals surface area (Å²) in [6.07, 6.45) is 9.11. The van der Waals surface area contributed by atoms with Crippen molar-refractivity contribution in [3.63, 3.8) is 0 Å². The van der Waals surface area contributed by atoms with E-state index in [4.69, 9.17) is 11.1 Å². The maximum atomic E-state index is 12.8. The molecule has 2 unspecified atom stereocenters. The molecule has 168 valence electrons. The first-order chi connectivity index (χ1) is 14.9. The molecule has 1 aliphatic carbocycles. The van der Waals surface area contributed by atoms with Gasteiger partial charge in [-0.1, -0.05) is 19.8 Å². The van der Waals surface area contributed by atoms with Crippen LogP contribution in [0.1, 0.15) is 51.0 Å². The third kappa shape index (κ3) is 5.80. The molecule has 0 aromatic carbocycles. The van der Waals surface area contributed by atoms with Gasteiger partial charge in [-0.25, -0.2) is 0 Å². The van der Waals surface area contributed by atoms with E-state index in [0.29, 0.717) is 37.0 Å². The number of pyridine rings is 1. The zero-order chi connectivity index (χ0) is 22.4. The first-order valence-corrected chi connectivity index (χ1v) is 11.0. The molecule has 2 heterocycles. The summed E-state index contributed by atoms with van der Waals surface area (Å²) in [5.41, 5.74) is 5.51. The smallest absolute Gasteiger partial charge is 0.267 e. The average molecular weight is 429 g/mol. The Labute approximate surface area is 182 Å². The van der Waals surface area contributed by atoms with Crippen LogP contribution in [-0.4, -0.2) is 59.0 Å². The predicted octanol–water partition coefficient (Wildman–Crippen LogP) is 1.28. The molecule has 31 heavy (non-hydrogen) atoms. The third-order valence-electron chi connectivity index (χ3n) is 6.25. The van der Waals surface area contributed by atoms with E-state index < -0.39 is 11.9 Å². The highest BCUT2D eigenvalue weighted by Crippen LogP contribution is 2.28. The highest BCUT2D eigenvalue weighted by Gasteiger charge is 2.34. The summed E-state index contributed by atoms with van der Waals surface area (Å²) >= 11 is 0. The molecule has 9 heteroatoms. The highest BCUT2D eigenvalue weighted by atomic mass is 16.2. The van der Waals surface area contributed by atoms with Gasteiger partial charge in [0.1, 0.15) is 11.8 Å². The van der Waals surface area contributed by atoms with Crippen molar-refractivity contribution < 1.29 is 14.4 Å². The van der Waals surface area contributed by atoms with Crippen LogP contribution in [0, 0.1) is 17.2 Å². The second kappa shape index (κ2) is 10.4. The summed E-state index contributed by atoms with van der Waals surface area (Å²) < 4.78 is 0. The number of primary amides is 1. The largest absolute Gasteiger partial charge is 0.374 e. The third-order valence-corrected chi connectivity index (χ3v) is 6.25. The number of amides is 3. The van der Waals surface area contributed by atoms with Crippen molar-refractivity contribution in [3.8, 4) is 0 Å². The van der Waals surface area contributed by atoms with E-state index in [1.807, 2.05) is 0 Å². The zero-order valence-corrected chi connectivity index (χ0v) is 18.0. The first-order valence-electron chi connectivity index (χ1n) is 11.0. The van der Waals surface area contributed by atoms with Crippen molar-refractivity contribution in [3.05, 3.63) is 24.0 Å². The number of rotatable bonds is 8. The van der Waals surface area contributed by atoms with Gasteiger partial charge >= 0.3 is 0 Å². The van der Waals surface area contributed by atoms with Crippen LogP contribution >= 0.6 is 0 Å². The molecule has 0 spiro atoms. The van der Waals surface area contributed by atoms with E-state index in [1.54, 1.807) is 4.90 Å². The molecule has 5 N–H and O–H groups in total. The maximum absolute atomic E-state index is 12.8. The fourth-order valence-corrected chi connectivity index (χ4v) is 4.60. The van der Waals surface area contributed by atoms with Crippen LogP contribution in [-0.2, 0) is 14.4 Å². The van der Waals surface area contributed by atoms with Gasteiger partial charge in [-0.15, -0.1) is 0 Å². The van der Waals surface area contributed by atoms with Crippen LogP contribution in [0.25, 0.3) is 0 Å². The normalized spacial score (nSPS) is 23.3. The lowest BCUT2D eigenvalue weighted by molar-refractivity contribution is -0.137. The van der Waals surface area contributed by atoms with Crippen molar-refractivity contribution in [2.75, 3.05) is 25.0 Å². The zero-order valence-electron chi connectivity index (χ0n) is 18.0. The van der Waals surface area contributed by atoms with Crippen molar-refractivity contribution in [2.45, 2.75) is 51.5 Å². The molecular formula is C22H32N6O3. The van der Waals surface area contributed by atoms with E-state index in [0.717, 1.165) is 19.3 Å². The monoisotopic (exact) mass is 428 g/mol. The molecule has 1 aromatic rings. The van der Waals surface area contributed by atoms with Crippen molar-refractivity contribution in [1.29, 1.82) is 5.41 Å². The van der Waals surface area contributed by atoms with Crippen LogP contribution in [0.2, 0.25) is 0 Å². The molecule has 1 aromatic heterocycles. The van der Waals surface area contributed by atoms with E-state index in [9.17, 15) is 14.4 Å². The lowest BCUT2D eigenvalue weighted by Gasteiger charge is -2.28. The Morgan fingerprint density at radius 3 is 2.81 bits per heavy atom. The van der Waals surface area contributed by atoms with E-state index >= 15 is 0 Å². The Kier molecular flexibility index (Phi) is 7.59. The molecule has 2 fully saturated rings. The molecule has 3 rings (SSSR count). The fraction of sp³-hybridized carbons (Fsp3) is 0.591. The minimum atomic E-state index is -0.857. The van der Waals surface area contributed by atoms with Gasteiger partial charge in [-0.3, -0.25) is 24.8 Å². The summed E-state index contributed by atoms with van der Waals surface area (Å²) in [6.45, 7) is 3.41. The van der Waals surface area contributed by atoms with Gasteiger partial charge in [0.25, 0.3) is 5.91 Å². The number of likely N-dealkylation sites (tertiary alicyclic amines) is 1. The number of aromatic nitrogens is 1. The van der Waals surface area contributed by atoms with E-state index in [1.165, 1.54) is 31.3 Å². The molecule has 9 nitrogen and oxygen atoms in total. The summed E-state index contributed by atoms with van der Waals surface area (Å²) in [5, 5.41) is 13.8. The van der Waals surface area contributed by atoms with Gasteiger partial charge in [0, 0.05) is 24.8 Å². The van der Waals surface area contributed by atoms with Gasteiger partial charge in [-0.05, 0) is 43.6 Å². The Morgan fingerprint density at radius 2 is 2.06 bits per heavy atom. The van der Waals surface area contributed by atoms with Crippen molar-refractivity contribution >= 4 is 29.1 Å². The number of carbonyl (C=O) groups excluding carboxylic acids is 3. The number of nitrogens with zero attached hydrogens (tertiary/aromatic N) is 2. The minimum Gasteiger partial charge on any atom is -0.374 e. The van der Waals surface area contributed by atoms with E-state index in [-0.39, 0.29) is 29.6 Å². The second-order valence-electron chi connectivity index (χ2n) is 8.64. The minimum absolute atomic E-state index is 0.0609. The Morgan fingerprint density at radius 1 is 1.26 bits per heavy atom. The topological polar surface area (TPSA) is 141 Å². The molecule has 0 radical (unpaired) electrons. The van der Waals surface area contributed by atoms with Gasteiger partial charge in [0.15, 0.2) is 0 Å². The molecule has 0 bridgehead atoms. The molecule has 1 saturated heterocycles. The second-order valence-corrected chi connectivity index (χ2v) is 8.64. The summed E-state index contributed by atoms with van der Waals surface area (Å²) in [6, 6.07) is 1.05. The van der Waals surface area contributed by atoms with E-state index in [2.05, 4.69) is 22.5 Å². The SMILES string of the molecule is CC1CCCC(CNC(=O)[C@@H]2CCCN2C(=O)CNc2cnccc2C(=N)C(N)=O)C1.